The quantitative estimate of drug-likeness (QED) is 0.0771. The van der Waals surface area contributed by atoms with Gasteiger partial charge in [0.1, 0.15) is 23.0 Å². The molecule has 0 saturated heterocycles. The van der Waals surface area contributed by atoms with Crippen LogP contribution < -0.4 is 9.47 Å². The maximum absolute atomic E-state index is 7.86. The molecule has 5 heteroatoms. The van der Waals surface area contributed by atoms with E-state index in [1.807, 2.05) is 72.8 Å². The molecule has 0 spiro atoms. The molecule has 0 bridgehead atoms. The Hall–Kier alpha value is -5.20. The molecule has 0 aliphatic rings. The van der Waals surface area contributed by atoms with Gasteiger partial charge in [0.15, 0.2) is 0 Å². The number of methoxy groups -OCH3 is 2. The fraction of sp³-hybridized carbons (Fsp3) is 0.333. The van der Waals surface area contributed by atoms with E-state index in [2.05, 4.69) is 126 Å². The minimum atomic E-state index is -0.353. The predicted molar refractivity (Wildman–Crippen MR) is 241 cm³/mol. The van der Waals surface area contributed by atoms with E-state index in [0.717, 1.165) is 58.1 Å². The molecular weight excluding hydrogens is 729 g/mol. The molecule has 0 radical (unpaired) electrons. The Bertz CT molecular complexity index is 2010. The molecule has 6 atom stereocenters. The second-order valence-corrected chi connectivity index (χ2v) is 16.2. The van der Waals surface area contributed by atoms with Crippen molar-refractivity contribution in [1.29, 1.82) is 0 Å². The third kappa shape index (κ3) is 10.7. The monoisotopic (exact) mass is 790 g/mol. The maximum Gasteiger partial charge on any atom is 0.127 e. The van der Waals surface area contributed by atoms with E-state index in [4.69, 9.17) is 23.7 Å². The predicted octanol–water partition coefficient (Wildman–Crippen LogP) is 14.0. The first-order chi connectivity index (χ1) is 28.6. The molecule has 0 saturated carbocycles. The molecule has 6 rings (SSSR count). The van der Waals surface area contributed by atoms with Crippen molar-refractivity contribution in [3.8, 4) is 23.0 Å². The molecule has 6 aromatic carbocycles. The van der Waals surface area contributed by atoms with Gasteiger partial charge in [-0.1, -0.05) is 137 Å². The molecule has 0 aliphatic carbocycles. The Morgan fingerprint density at radius 1 is 0.441 bits per heavy atom. The topological polar surface area (TPSA) is 46.2 Å². The van der Waals surface area contributed by atoms with Crippen LogP contribution in [-0.4, -0.2) is 26.4 Å². The second kappa shape index (κ2) is 20.2. The van der Waals surface area contributed by atoms with Crippen LogP contribution in [0.1, 0.15) is 100.0 Å². The first-order valence-corrected chi connectivity index (χ1v) is 21.1. The van der Waals surface area contributed by atoms with Crippen LogP contribution in [0.5, 0.6) is 23.0 Å². The first kappa shape index (κ1) is 43.4. The van der Waals surface area contributed by atoms with Gasteiger partial charge in [0.2, 0.25) is 0 Å². The highest BCUT2D eigenvalue weighted by Gasteiger charge is 2.42. The van der Waals surface area contributed by atoms with Gasteiger partial charge in [-0.25, -0.2) is 0 Å². The fourth-order valence-corrected chi connectivity index (χ4v) is 7.97. The number of hydrogen-bond donors (Lipinski definition) is 0. The molecule has 0 aromatic heterocycles. The van der Waals surface area contributed by atoms with Crippen LogP contribution in [0.25, 0.3) is 0 Å². The number of para-hydroxylation sites is 2. The van der Waals surface area contributed by atoms with Gasteiger partial charge < -0.3 is 23.7 Å². The summed E-state index contributed by atoms with van der Waals surface area (Å²) in [4.78, 5) is 0. The van der Waals surface area contributed by atoms with Crippen LogP contribution in [-0.2, 0) is 37.9 Å². The lowest BCUT2D eigenvalue weighted by molar-refractivity contribution is -0.0840. The summed E-state index contributed by atoms with van der Waals surface area (Å²) in [5, 5.41) is 0. The first-order valence-electron chi connectivity index (χ1n) is 21.1. The lowest BCUT2D eigenvalue weighted by atomic mass is 9.70. The van der Waals surface area contributed by atoms with Gasteiger partial charge in [-0.15, -0.1) is 0 Å². The molecule has 6 unspecified atom stereocenters. The lowest BCUT2D eigenvalue weighted by Gasteiger charge is -2.45. The Kier molecular flexibility index (Phi) is 14.8. The lowest BCUT2D eigenvalue weighted by Crippen LogP contribution is -2.48. The van der Waals surface area contributed by atoms with Crippen molar-refractivity contribution in [2.75, 3.05) is 14.2 Å². The third-order valence-corrected chi connectivity index (χ3v) is 12.6. The number of rotatable bonds is 20. The third-order valence-electron chi connectivity index (χ3n) is 12.6. The summed E-state index contributed by atoms with van der Waals surface area (Å²) in [7, 11) is 3.52. The van der Waals surface area contributed by atoms with Crippen LogP contribution in [0.15, 0.2) is 158 Å². The Balaban J connectivity index is 1.44. The van der Waals surface area contributed by atoms with E-state index in [1.165, 1.54) is 11.1 Å². The molecule has 6 aromatic rings. The summed E-state index contributed by atoms with van der Waals surface area (Å²) < 4.78 is 31.9. The largest absolute Gasteiger partial charge is 0.457 e. The zero-order valence-corrected chi connectivity index (χ0v) is 36.2. The van der Waals surface area contributed by atoms with Gasteiger partial charge >= 0.3 is 0 Å². The molecular formula is C54H62O5. The fourth-order valence-electron chi connectivity index (χ4n) is 7.97. The van der Waals surface area contributed by atoms with Crippen LogP contribution in [0.3, 0.4) is 0 Å². The van der Waals surface area contributed by atoms with Gasteiger partial charge in [0.05, 0.1) is 24.4 Å². The summed E-state index contributed by atoms with van der Waals surface area (Å²) >= 11 is 0. The van der Waals surface area contributed by atoms with Gasteiger partial charge in [0.25, 0.3) is 0 Å². The van der Waals surface area contributed by atoms with Crippen molar-refractivity contribution in [3.05, 3.63) is 191 Å². The smallest absolute Gasteiger partial charge is 0.127 e. The van der Waals surface area contributed by atoms with Gasteiger partial charge in [-0.2, -0.15) is 0 Å². The van der Waals surface area contributed by atoms with E-state index >= 15 is 0 Å². The molecule has 59 heavy (non-hydrogen) atoms. The molecule has 0 N–H and O–H groups in total. The van der Waals surface area contributed by atoms with Crippen LogP contribution in [0, 0.1) is 0 Å². The molecule has 0 amide bonds. The summed E-state index contributed by atoms with van der Waals surface area (Å²) in [6.45, 7) is 13.5. The van der Waals surface area contributed by atoms with E-state index in [1.54, 1.807) is 14.2 Å². The molecule has 0 heterocycles. The van der Waals surface area contributed by atoms with E-state index in [9.17, 15) is 0 Å². The van der Waals surface area contributed by atoms with Crippen LogP contribution in [0.2, 0.25) is 0 Å². The zero-order valence-electron chi connectivity index (χ0n) is 36.2. The van der Waals surface area contributed by atoms with Crippen molar-refractivity contribution >= 4 is 0 Å². The van der Waals surface area contributed by atoms with E-state index in [0.29, 0.717) is 12.8 Å². The number of ether oxygens (including phenoxy) is 5. The molecule has 5 nitrogen and oxygen atoms in total. The van der Waals surface area contributed by atoms with E-state index in [-0.39, 0.29) is 35.2 Å². The minimum absolute atomic E-state index is 0.00544. The van der Waals surface area contributed by atoms with Gasteiger partial charge in [-0.05, 0) is 121 Å². The summed E-state index contributed by atoms with van der Waals surface area (Å²) in [5.74, 6) is 3.23. The van der Waals surface area contributed by atoms with Crippen molar-refractivity contribution in [1.82, 2.24) is 0 Å². The summed E-state index contributed by atoms with van der Waals surface area (Å²) in [6.07, 6.45) is 2.70. The minimum Gasteiger partial charge on any atom is -0.457 e. The second-order valence-electron chi connectivity index (χ2n) is 16.2. The maximum atomic E-state index is 7.86. The van der Waals surface area contributed by atoms with E-state index < -0.39 is 0 Å². The highest BCUT2D eigenvalue weighted by Crippen LogP contribution is 2.42. The van der Waals surface area contributed by atoms with Gasteiger partial charge in [0, 0.05) is 25.0 Å². The van der Waals surface area contributed by atoms with Crippen molar-refractivity contribution in [2.24, 2.45) is 0 Å². The summed E-state index contributed by atoms with van der Waals surface area (Å²) in [6, 6.07) is 54.8. The van der Waals surface area contributed by atoms with Crippen molar-refractivity contribution < 1.29 is 23.7 Å². The Morgan fingerprint density at radius 3 is 1.14 bits per heavy atom. The van der Waals surface area contributed by atoms with Gasteiger partial charge in [-0.3, -0.25) is 0 Å². The normalized spacial score (nSPS) is 15.6. The zero-order chi connectivity index (χ0) is 41.8. The average Bonchev–Trinajstić information content (AvgIpc) is 3.28. The Labute approximate surface area is 353 Å². The summed E-state index contributed by atoms with van der Waals surface area (Å²) in [5.41, 5.74) is 6.38. The number of benzene rings is 6. The van der Waals surface area contributed by atoms with Crippen LogP contribution in [0.4, 0.5) is 0 Å². The highest BCUT2D eigenvalue weighted by atomic mass is 16.5. The molecule has 308 valence electrons. The van der Waals surface area contributed by atoms with Crippen molar-refractivity contribution in [3.63, 3.8) is 0 Å². The molecule has 0 aliphatic heterocycles. The molecule has 0 fully saturated rings. The SMILES string of the molecule is CCC(C)(c1ccc(C(C)OC)cc1)C(Cc1cccc(Oc2ccccc2)c1)OC(Cc1cccc(Oc2ccccc2)c1)C(C)(CC)c1ccc(C(C)OC)cc1. The van der Waals surface area contributed by atoms with Crippen LogP contribution >= 0.6 is 0 Å². The highest BCUT2D eigenvalue weighted by molar-refractivity contribution is 5.39. The Morgan fingerprint density at radius 2 is 0.797 bits per heavy atom. The average molecular weight is 791 g/mol. The van der Waals surface area contributed by atoms with Crippen molar-refractivity contribution in [2.45, 2.75) is 102 Å². The number of hydrogen-bond acceptors (Lipinski definition) is 5. The standard InChI is InChI=1S/C54H62O5/c1-9-53(5,45-31-27-43(28-32-45)39(3)55-7)51(37-41-19-17-25-49(35-41)57-47-21-13-11-14-22-47)59-52(54(6,10-2)46-33-29-44(30-34-46)40(4)56-8)38-42-20-18-26-50(36-42)58-48-23-15-12-16-24-48/h11-36,39-40,51-52H,9-10,37-38H2,1-8H3.